The van der Waals surface area contributed by atoms with Gasteiger partial charge in [0.2, 0.25) is 5.88 Å². The molecule has 1 fully saturated rings. The van der Waals surface area contributed by atoms with Crippen molar-refractivity contribution < 1.29 is 18.7 Å². The summed E-state index contributed by atoms with van der Waals surface area (Å²) in [6, 6.07) is 9.69. The minimum absolute atomic E-state index is 0.0121. The number of halogens is 1. The van der Waals surface area contributed by atoms with E-state index in [0.717, 1.165) is 0 Å². The minimum Gasteiger partial charge on any atom is -0.472 e. The quantitative estimate of drug-likeness (QED) is 0.855. The van der Waals surface area contributed by atoms with Crippen LogP contribution < -0.4 is 4.74 Å². The van der Waals surface area contributed by atoms with E-state index in [-0.39, 0.29) is 36.3 Å². The van der Waals surface area contributed by atoms with Crippen LogP contribution in [0.4, 0.5) is 4.39 Å². The maximum atomic E-state index is 13.8. The van der Waals surface area contributed by atoms with Gasteiger partial charge in [-0.25, -0.2) is 9.37 Å². The summed E-state index contributed by atoms with van der Waals surface area (Å²) in [5.41, 5.74) is 0.791. The van der Waals surface area contributed by atoms with Gasteiger partial charge in [0.15, 0.2) is 0 Å². The summed E-state index contributed by atoms with van der Waals surface area (Å²) in [6.07, 6.45) is 1.56. The number of ether oxygens (including phenoxy) is 2. The fourth-order valence-corrected chi connectivity index (χ4v) is 2.97. The lowest BCUT2D eigenvalue weighted by Crippen LogP contribution is -2.52. The number of pyridine rings is 1. The third-order valence-corrected chi connectivity index (χ3v) is 4.23. The fourth-order valence-electron chi connectivity index (χ4n) is 2.97. The number of nitrogens with zero attached hydrogens (tertiary/aromatic N) is 2. The molecule has 25 heavy (non-hydrogen) atoms. The molecule has 0 aliphatic carbocycles. The Bertz CT molecular complexity index is 743. The SMILES string of the molecule is C[C@@H]1COC[C@H](C)N1C(=O)c1cccnc1OCc1ccccc1F. The van der Waals surface area contributed by atoms with Gasteiger partial charge in [-0.1, -0.05) is 18.2 Å². The van der Waals surface area contributed by atoms with E-state index in [0.29, 0.717) is 24.3 Å². The third kappa shape index (κ3) is 3.79. The van der Waals surface area contributed by atoms with Crippen molar-refractivity contribution in [1.82, 2.24) is 9.88 Å². The fraction of sp³-hybridized carbons (Fsp3) is 0.368. The molecule has 132 valence electrons. The van der Waals surface area contributed by atoms with Crippen LogP contribution in [0, 0.1) is 5.82 Å². The molecule has 1 amide bonds. The van der Waals surface area contributed by atoms with Gasteiger partial charge in [0.1, 0.15) is 18.0 Å². The second kappa shape index (κ2) is 7.61. The van der Waals surface area contributed by atoms with Crippen LogP contribution >= 0.6 is 0 Å². The molecular weight excluding hydrogens is 323 g/mol. The van der Waals surface area contributed by atoms with Crippen LogP contribution in [0.3, 0.4) is 0 Å². The number of benzene rings is 1. The maximum absolute atomic E-state index is 13.8. The van der Waals surface area contributed by atoms with Gasteiger partial charge in [-0.3, -0.25) is 4.79 Å². The second-order valence-corrected chi connectivity index (χ2v) is 6.18. The van der Waals surface area contributed by atoms with E-state index in [2.05, 4.69) is 4.98 Å². The van der Waals surface area contributed by atoms with Gasteiger partial charge in [-0.15, -0.1) is 0 Å². The molecule has 2 heterocycles. The van der Waals surface area contributed by atoms with Gasteiger partial charge in [0.25, 0.3) is 5.91 Å². The summed E-state index contributed by atoms with van der Waals surface area (Å²) < 4.78 is 24.9. The minimum atomic E-state index is -0.346. The van der Waals surface area contributed by atoms with E-state index >= 15 is 0 Å². The van der Waals surface area contributed by atoms with Crippen molar-refractivity contribution in [2.24, 2.45) is 0 Å². The van der Waals surface area contributed by atoms with Crippen LogP contribution in [0.25, 0.3) is 0 Å². The Labute approximate surface area is 146 Å². The van der Waals surface area contributed by atoms with E-state index in [1.807, 2.05) is 13.8 Å². The van der Waals surface area contributed by atoms with Crippen LogP contribution in [0.2, 0.25) is 0 Å². The van der Waals surface area contributed by atoms with Gasteiger partial charge in [-0.2, -0.15) is 0 Å². The molecule has 1 aliphatic rings. The second-order valence-electron chi connectivity index (χ2n) is 6.18. The normalized spacial score (nSPS) is 20.4. The Morgan fingerprint density at radius 3 is 2.68 bits per heavy atom. The van der Waals surface area contributed by atoms with Gasteiger partial charge in [-0.05, 0) is 32.0 Å². The number of amides is 1. The van der Waals surface area contributed by atoms with E-state index in [1.54, 1.807) is 41.4 Å². The number of hydrogen-bond donors (Lipinski definition) is 0. The van der Waals surface area contributed by atoms with Crippen molar-refractivity contribution in [2.45, 2.75) is 32.5 Å². The van der Waals surface area contributed by atoms with Crippen molar-refractivity contribution in [3.8, 4) is 5.88 Å². The van der Waals surface area contributed by atoms with E-state index in [1.165, 1.54) is 6.07 Å². The van der Waals surface area contributed by atoms with Crippen molar-refractivity contribution in [3.05, 3.63) is 59.5 Å². The Kier molecular flexibility index (Phi) is 5.28. The van der Waals surface area contributed by atoms with Gasteiger partial charge in [0, 0.05) is 11.8 Å². The Hall–Kier alpha value is -2.47. The molecule has 5 nitrogen and oxygen atoms in total. The van der Waals surface area contributed by atoms with Gasteiger partial charge >= 0.3 is 0 Å². The molecule has 0 N–H and O–H groups in total. The lowest BCUT2D eigenvalue weighted by molar-refractivity contribution is -0.0251. The third-order valence-electron chi connectivity index (χ3n) is 4.23. The monoisotopic (exact) mass is 344 g/mol. The first-order valence-corrected chi connectivity index (χ1v) is 8.29. The molecule has 0 radical (unpaired) electrons. The lowest BCUT2D eigenvalue weighted by Gasteiger charge is -2.38. The van der Waals surface area contributed by atoms with Crippen molar-refractivity contribution in [2.75, 3.05) is 13.2 Å². The highest BCUT2D eigenvalue weighted by Crippen LogP contribution is 2.23. The van der Waals surface area contributed by atoms with E-state index in [9.17, 15) is 9.18 Å². The van der Waals surface area contributed by atoms with E-state index < -0.39 is 0 Å². The number of rotatable bonds is 4. The Morgan fingerprint density at radius 2 is 1.96 bits per heavy atom. The largest absolute Gasteiger partial charge is 0.472 e. The van der Waals surface area contributed by atoms with Crippen LogP contribution in [-0.4, -0.2) is 41.1 Å². The summed E-state index contributed by atoms with van der Waals surface area (Å²) in [5.74, 6) is -0.289. The first-order chi connectivity index (χ1) is 12.1. The van der Waals surface area contributed by atoms with Gasteiger partial charge in [0.05, 0.1) is 25.3 Å². The molecule has 0 spiro atoms. The number of morpholine rings is 1. The summed E-state index contributed by atoms with van der Waals surface area (Å²) in [5, 5.41) is 0. The standard InChI is InChI=1S/C19H21FN2O3/c1-13-10-24-11-14(2)22(13)19(23)16-7-5-9-21-18(16)25-12-15-6-3-4-8-17(15)20/h3-9,13-14H,10-12H2,1-2H3/t13-,14+. The number of aromatic nitrogens is 1. The zero-order valence-electron chi connectivity index (χ0n) is 14.3. The van der Waals surface area contributed by atoms with Crippen LogP contribution in [0.5, 0.6) is 5.88 Å². The Balaban J connectivity index is 1.81. The number of carbonyl (C=O) groups excluding carboxylic acids is 1. The highest BCUT2D eigenvalue weighted by atomic mass is 19.1. The van der Waals surface area contributed by atoms with Crippen LogP contribution in [0.15, 0.2) is 42.6 Å². The molecule has 2 aromatic rings. The van der Waals surface area contributed by atoms with Crippen LogP contribution in [-0.2, 0) is 11.3 Å². The highest BCUT2D eigenvalue weighted by molar-refractivity contribution is 5.96. The molecule has 1 aliphatic heterocycles. The molecule has 0 saturated carbocycles. The van der Waals surface area contributed by atoms with Crippen molar-refractivity contribution in [3.63, 3.8) is 0 Å². The molecule has 3 rings (SSSR count). The zero-order chi connectivity index (χ0) is 17.8. The predicted molar refractivity (Wildman–Crippen MR) is 90.9 cm³/mol. The molecule has 0 unspecified atom stereocenters. The molecule has 0 bridgehead atoms. The molecular formula is C19H21FN2O3. The Morgan fingerprint density at radius 1 is 1.24 bits per heavy atom. The predicted octanol–water partition coefficient (Wildman–Crippen LogP) is 3.05. The lowest BCUT2D eigenvalue weighted by atomic mass is 10.1. The first kappa shape index (κ1) is 17.4. The molecule has 1 aromatic carbocycles. The summed E-state index contributed by atoms with van der Waals surface area (Å²) in [4.78, 5) is 19.0. The molecule has 6 heteroatoms. The molecule has 1 saturated heterocycles. The summed E-state index contributed by atoms with van der Waals surface area (Å²) >= 11 is 0. The van der Waals surface area contributed by atoms with Crippen LogP contribution in [0.1, 0.15) is 29.8 Å². The van der Waals surface area contributed by atoms with Gasteiger partial charge < -0.3 is 14.4 Å². The molecule has 1 aromatic heterocycles. The number of carbonyl (C=O) groups is 1. The summed E-state index contributed by atoms with van der Waals surface area (Å²) in [6.45, 7) is 4.91. The first-order valence-electron chi connectivity index (χ1n) is 8.29. The topological polar surface area (TPSA) is 51.7 Å². The van der Waals surface area contributed by atoms with E-state index in [4.69, 9.17) is 9.47 Å². The average Bonchev–Trinajstić information content (AvgIpc) is 2.61. The van der Waals surface area contributed by atoms with Crippen molar-refractivity contribution in [1.29, 1.82) is 0 Å². The highest BCUT2D eigenvalue weighted by Gasteiger charge is 2.32. The smallest absolute Gasteiger partial charge is 0.259 e. The van der Waals surface area contributed by atoms with Crippen molar-refractivity contribution >= 4 is 5.91 Å². The average molecular weight is 344 g/mol. The molecule has 2 atom stereocenters. The zero-order valence-corrected chi connectivity index (χ0v) is 14.3. The number of hydrogen-bond acceptors (Lipinski definition) is 4. The maximum Gasteiger partial charge on any atom is 0.259 e. The summed E-state index contributed by atoms with van der Waals surface area (Å²) in [7, 11) is 0.